The molecule has 5 heterocycles. The van der Waals surface area contributed by atoms with Crippen molar-refractivity contribution < 1.29 is 46.6 Å². The molecule has 1 saturated heterocycles. The van der Waals surface area contributed by atoms with Crippen LogP contribution >= 0.6 is 15.0 Å². The van der Waals surface area contributed by atoms with Crippen molar-refractivity contribution in [3.05, 3.63) is 34.5 Å². The highest BCUT2D eigenvalue weighted by Gasteiger charge is 2.49. The monoisotopic (exact) mass is 784 g/mol. The molecule has 4 aromatic heterocycles. The number of alkyl halides is 1. The van der Waals surface area contributed by atoms with Crippen molar-refractivity contribution in [2.75, 3.05) is 25.1 Å². The maximum atomic E-state index is 16.0. The van der Waals surface area contributed by atoms with Crippen LogP contribution in [-0.2, 0) is 57.1 Å². The molecule has 0 bridgehead atoms. The first-order chi connectivity index (χ1) is 24.9. The fourth-order valence-electron chi connectivity index (χ4n) is 5.32. The van der Waals surface area contributed by atoms with Gasteiger partial charge in [-0.1, -0.05) is 13.8 Å². The van der Waals surface area contributed by atoms with Gasteiger partial charge >= 0.3 is 15.0 Å². The van der Waals surface area contributed by atoms with Crippen molar-refractivity contribution in [2.24, 2.45) is 5.92 Å². The summed E-state index contributed by atoms with van der Waals surface area (Å²) in [5, 5.41) is 21.5. The molecule has 1 aliphatic heterocycles. The van der Waals surface area contributed by atoms with Gasteiger partial charge in [0, 0.05) is 18.4 Å². The van der Waals surface area contributed by atoms with Crippen LogP contribution in [0.1, 0.15) is 56.9 Å². The van der Waals surface area contributed by atoms with E-state index in [1.165, 1.54) is 0 Å². The zero-order valence-corrected chi connectivity index (χ0v) is 30.5. The molecule has 1 saturated carbocycles. The summed E-state index contributed by atoms with van der Waals surface area (Å²) in [6.07, 6.45) is -2.11. The largest absolute Gasteiger partial charge is 0.388 e. The first-order valence-corrected chi connectivity index (χ1v) is 19.9. The lowest BCUT2D eigenvalue weighted by atomic mass is 10.1. The number of aliphatic hydroxyl groups excluding tert-OH is 1. The maximum absolute atomic E-state index is 16.0. The van der Waals surface area contributed by atoms with Crippen LogP contribution < -0.4 is 10.9 Å². The summed E-state index contributed by atoms with van der Waals surface area (Å²) < 4.78 is 59.0. The minimum atomic E-state index is -3.72. The zero-order valence-electron chi connectivity index (χ0n) is 27.7. The van der Waals surface area contributed by atoms with E-state index in [-0.39, 0.29) is 55.8 Å². The molecule has 24 heteroatoms. The van der Waals surface area contributed by atoms with Gasteiger partial charge in [-0.25, -0.2) is 24.3 Å². The average Bonchev–Trinajstić information content (AvgIpc) is 3.68. The third kappa shape index (κ3) is 8.44. The van der Waals surface area contributed by atoms with Crippen LogP contribution in [0.5, 0.6) is 0 Å². The van der Waals surface area contributed by atoms with Gasteiger partial charge in [-0.2, -0.15) is 10.2 Å². The molecule has 1 amide bonds. The Morgan fingerprint density at radius 2 is 2.02 bits per heavy atom. The van der Waals surface area contributed by atoms with Crippen LogP contribution in [0.25, 0.3) is 22.3 Å². The minimum Gasteiger partial charge on any atom is -0.388 e. The number of nitrogens with one attached hydrogen (secondary N) is 2. The summed E-state index contributed by atoms with van der Waals surface area (Å²) in [4.78, 5) is 58.7. The number of rotatable bonds is 17. The van der Waals surface area contributed by atoms with Crippen LogP contribution in [0.2, 0.25) is 0 Å². The number of H-pyrrole nitrogens is 1. The molecule has 1 aliphatic carbocycles. The van der Waals surface area contributed by atoms with E-state index in [1.54, 1.807) is 24.6 Å². The molecule has 2 fully saturated rings. The second-order valence-corrected chi connectivity index (χ2v) is 15.9. The Labute approximate surface area is 299 Å². The number of imidazole rings is 2. The number of carbonyl (C=O) groups excluding carboxylic acids is 1. The van der Waals surface area contributed by atoms with Gasteiger partial charge in [-0.15, -0.1) is 0 Å². The zero-order chi connectivity index (χ0) is 37.2. The summed E-state index contributed by atoms with van der Waals surface area (Å²) >= 11 is 5.60. The molecular weight excluding hydrogens is 749 g/mol. The number of carbonyl (C=O) groups is 1. The number of hydrogen-bond acceptors (Lipinski definition) is 16. The Balaban J connectivity index is 1.20. The highest BCUT2D eigenvalue weighted by Crippen LogP contribution is 2.51. The van der Waals surface area contributed by atoms with E-state index < -0.39 is 63.6 Å². The van der Waals surface area contributed by atoms with E-state index in [0.29, 0.717) is 22.8 Å². The number of fused-ring (bicyclic) bond motifs is 2. The number of aromatic nitrogens is 8. The molecule has 0 radical (unpaired) electrons. The fraction of sp³-hybridized carbons (Fsp3) is 0.571. The fourth-order valence-corrected chi connectivity index (χ4v) is 7.61. The number of aliphatic hydroxyl groups is 1. The molecule has 6 atom stereocenters. The van der Waals surface area contributed by atoms with Crippen LogP contribution in [0.4, 0.5) is 10.3 Å². The molecule has 2 aliphatic rings. The Kier molecular flexibility index (Phi) is 11.9. The van der Waals surface area contributed by atoms with Crippen LogP contribution in [-0.4, -0.2) is 93.1 Å². The summed E-state index contributed by atoms with van der Waals surface area (Å²) in [6, 6.07) is 1.93. The number of ether oxygens (including phenoxy) is 1. The summed E-state index contributed by atoms with van der Waals surface area (Å²) in [5.41, 5.74) is -0.0484. The van der Waals surface area contributed by atoms with Gasteiger partial charge in [-0.05, 0) is 24.6 Å². The van der Waals surface area contributed by atoms with Crippen molar-refractivity contribution in [1.82, 2.24) is 39.0 Å². The predicted octanol–water partition coefficient (Wildman–Crippen LogP) is 2.11. The number of amides is 1. The second kappa shape index (κ2) is 16.2. The third-order valence-electron chi connectivity index (χ3n) is 8.07. The maximum Gasteiger partial charge on any atom is 0.327 e. The second-order valence-electron chi connectivity index (χ2n) is 12.1. The molecule has 52 heavy (non-hydrogen) atoms. The van der Waals surface area contributed by atoms with E-state index >= 15 is 4.39 Å². The Morgan fingerprint density at radius 1 is 1.25 bits per heavy atom. The Hall–Kier alpha value is -3.61. The van der Waals surface area contributed by atoms with E-state index in [0.717, 1.165) is 23.7 Å². The van der Waals surface area contributed by atoms with E-state index in [2.05, 4.69) is 35.2 Å². The van der Waals surface area contributed by atoms with Crippen molar-refractivity contribution in [2.45, 2.75) is 76.8 Å². The first-order valence-electron chi connectivity index (χ1n) is 16.1. The predicted molar refractivity (Wildman–Crippen MR) is 182 cm³/mol. The van der Waals surface area contributed by atoms with Gasteiger partial charge in [0.25, 0.3) is 5.56 Å². The SMILES string of the molecule is CC(C)C(=O)Nc1nc2c(ncn2[C@@H]2O[C@H](COP(=S)(OCCC#N)OCCn3c(CO)nc4cnc(C5CC5)nc43)[C@@H](F)[C@H]2O[PH](=O)O)c(=O)[nH]1. The molecule has 4 aromatic rings. The van der Waals surface area contributed by atoms with Crippen molar-refractivity contribution in [3.63, 3.8) is 0 Å². The van der Waals surface area contributed by atoms with E-state index in [9.17, 15) is 24.2 Å². The molecule has 6 rings (SSSR count). The highest BCUT2D eigenvalue weighted by atomic mass is 32.5. The molecule has 280 valence electrons. The van der Waals surface area contributed by atoms with Crippen molar-refractivity contribution >= 4 is 61.0 Å². The van der Waals surface area contributed by atoms with Gasteiger partial charge in [0.15, 0.2) is 29.2 Å². The van der Waals surface area contributed by atoms with Crippen molar-refractivity contribution in [1.29, 1.82) is 5.26 Å². The van der Waals surface area contributed by atoms with Crippen LogP contribution in [0.3, 0.4) is 0 Å². The van der Waals surface area contributed by atoms with Crippen molar-refractivity contribution in [3.8, 4) is 6.07 Å². The summed E-state index contributed by atoms with van der Waals surface area (Å²) in [7, 11) is -3.72. The number of nitriles is 1. The lowest BCUT2D eigenvalue weighted by Crippen LogP contribution is -2.31. The lowest BCUT2D eigenvalue weighted by molar-refractivity contribution is -0.118. The third-order valence-corrected chi connectivity index (χ3v) is 11.0. The number of nitrogens with zero attached hydrogens (tertiary/aromatic N) is 8. The minimum absolute atomic E-state index is 0.0549. The summed E-state index contributed by atoms with van der Waals surface area (Å²) in [6.45, 7) is -1.56. The topological polar surface area (TPSA) is 264 Å². The van der Waals surface area contributed by atoms with Gasteiger partial charge in [0.1, 0.15) is 36.0 Å². The van der Waals surface area contributed by atoms with Gasteiger partial charge in [-0.3, -0.25) is 33.5 Å². The molecule has 4 N–H and O–H groups in total. The van der Waals surface area contributed by atoms with E-state index in [4.69, 9.17) is 39.9 Å². The number of hydrogen-bond donors (Lipinski definition) is 4. The quantitative estimate of drug-likeness (QED) is 0.0882. The van der Waals surface area contributed by atoms with Crippen LogP contribution in [0, 0.1) is 17.2 Å². The molecule has 0 aromatic carbocycles. The van der Waals surface area contributed by atoms with Gasteiger partial charge in [0.05, 0.1) is 44.8 Å². The van der Waals surface area contributed by atoms with Gasteiger partial charge in [0.2, 0.25) is 11.9 Å². The highest BCUT2D eigenvalue weighted by molar-refractivity contribution is 8.07. The number of anilines is 1. The molecule has 2 unspecified atom stereocenters. The summed E-state index contributed by atoms with van der Waals surface area (Å²) in [5.74, 6) is 0.184. The Morgan fingerprint density at radius 3 is 2.71 bits per heavy atom. The molecule has 0 spiro atoms. The first kappa shape index (κ1) is 38.1. The van der Waals surface area contributed by atoms with E-state index in [1.807, 2.05) is 6.07 Å². The normalized spacial score (nSPS) is 22.2. The standard InChI is InChI=1S/C28H35FN10O10P2S/c1-14(2)25(41)36-28-35-24-20(26(42)37-28)32-13-39(24)27-21(49-50(43)44)19(29)17(48-27)12-47-51(52,45-8-3-6-30)46-9-7-38-18(11-40)33-16-10-31-22(15-4-5-15)34-23(16)38/h10,13-15,17,19,21,27,40,50H,3-5,7-9,11-12H2,1-2H3,(H,43,44)(H2,35,36,37,41,42)/t17-,19-,21-,27-,51?/m1/s1. The van der Waals surface area contributed by atoms with Gasteiger partial charge < -0.3 is 32.9 Å². The molecule has 20 nitrogen and oxygen atoms in total. The Bertz CT molecular complexity index is 2120. The smallest absolute Gasteiger partial charge is 0.327 e. The van der Waals surface area contributed by atoms with Crippen LogP contribution in [0.15, 0.2) is 17.3 Å². The average molecular weight is 785 g/mol. The number of halogens is 1. The lowest BCUT2D eigenvalue weighted by Gasteiger charge is -2.24. The molecular formula is C28H35FN10O10P2S. The number of aromatic amines is 1.